The van der Waals surface area contributed by atoms with Crippen molar-refractivity contribution in [3.63, 3.8) is 0 Å². The van der Waals surface area contributed by atoms with Crippen molar-refractivity contribution in [2.24, 2.45) is 0 Å². The monoisotopic (exact) mass is 380 g/mol. The zero-order valence-corrected chi connectivity index (χ0v) is 14.3. The number of methoxy groups -OCH3 is 1. The maximum atomic E-state index is 13.0. The maximum absolute atomic E-state index is 13.0. The van der Waals surface area contributed by atoms with Gasteiger partial charge in [-0.1, -0.05) is 12.1 Å². The number of imidazole rings is 1. The molecular weight excluding hydrogens is 368 g/mol. The highest BCUT2D eigenvalue weighted by Crippen LogP contribution is 2.32. The summed E-state index contributed by atoms with van der Waals surface area (Å²) in [4.78, 5) is 4.33. The number of fused-ring (bicyclic) bond motifs is 1. The Morgan fingerprint density at radius 1 is 1.23 bits per heavy atom. The lowest BCUT2D eigenvalue weighted by atomic mass is 10.2. The number of rotatable bonds is 3. The van der Waals surface area contributed by atoms with Gasteiger partial charge in [-0.25, -0.2) is 17.4 Å². The van der Waals surface area contributed by atoms with Crippen LogP contribution in [0.5, 0.6) is 5.75 Å². The molecule has 7 heteroatoms. The van der Waals surface area contributed by atoms with Crippen LogP contribution in [0.2, 0.25) is 0 Å². The molecule has 0 aliphatic heterocycles. The highest BCUT2D eigenvalue weighted by molar-refractivity contribution is 9.10. The lowest BCUT2D eigenvalue weighted by molar-refractivity contribution is 0.410. The number of halogens is 1. The third-order valence-electron chi connectivity index (χ3n) is 3.41. The van der Waals surface area contributed by atoms with Gasteiger partial charge in [0.2, 0.25) is 0 Å². The maximum Gasteiger partial charge on any atom is 0.269 e. The first-order valence-electron chi connectivity index (χ1n) is 6.47. The molecule has 22 heavy (non-hydrogen) atoms. The van der Waals surface area contributed by atoms with E-state index in [4.69, 9.17) is 4.74 Å². The second-order valence-electron chi connectivity index (χ2n) is 4.79. The molecule has 3 rings (SSSR count). The van der Waals surface area contributed by atoms with Crippen molar-refractivity contribution in [2.45, 2.75) is 11.8 Å². The van der Waals surface area contributed by atoms with Gasteiger partial charge in [-0.2, -0.15) is 0 Å². The Kier molecular flexibility index (Phi) is 3.70. The fourth-order valence-electron chi connectivity index (χ4n) is 2.30. The number of aromatic nitrogens is 2. The van der Waals surface area contributed by atoms with Crippen LogP contribution in [0.25, 0.3) is 11.0 Å². The zero-order chi connectivity index (χ0) is 15.9. The third-order valence-corrected chi connectivity index (χ3v) is 5.83. The fourth-order valence-corrected chi connectivity index (χ4v) is 4.44. The molecule has 0 aliphatic rings. The first kappa shape index (κ1) is 15.1. The van der Waals surface area contributed by atoms with Crippen molar-refractivity contribution in [3.8, 4) is 5.75 Å². The minimum Gasteiger partial charge on any atom is -0.496 e. The van der Waals surface area contributed by atoms with Crippen LogP contribution in [0, 0.1) is 6.92 Å². The molecule has 1 heterocycles. The van der Waals surface area contributed by atoms with Gasteiger partial charge in [-0.15, -0.1) is 0 Å². The Morgan fingerprint density at radius 3 is 2.68 bits per heavy atom. The predicted molar refractivity (Wildman–Crippen MR) is 87.7 cm³/mol. The quantitative estimate of drug-likeness (QED) is 0.698. The van der Waals surface area contributed by atoms with E-state index in [2.05, 4.69) is 20.9 Å². The summed E-state index contributed by atoms with van der Waals surface area (Å²) in [6, 6.07) is 10.3. The second kappa shape index (κ2) is 5.40. The number of hydrogen-bond donors (Lipinski definition) is 0. The standard InChI is InChI=1S/C15H13BrN2O3S/c1-10-7-11(16)14(21-2)8-15(10)22(19,20)18-9-17-12-5-3-4-6-13(12)18/h3-9H,1-2H3. The van der Waals surface area contributed by atoms with E-state index in [1.54, 1.807) is 31.2 Å². The zero-order valence-electron chi connectivity index (χ0n) is 11.9. The molecule has 0 saturated heterocycles. The summed E-state index contributed by atoms with van der Waals surface area (Å²) in [6.07, 6.45) is 1.33. The van der Waals surface area contributed by atoms with Crippen LogP contribution in [-0.4, -0.2) is 24.5 Å². The van der Waals surface area contributed by atoms with Gasteiger partial charge >= 0.3 is 0 Å². The number of aryl methyl sites for hydroxylation is 1. The molecule has 0 saturated carbocycles. The van der Waals surface area contributed by atoms with Crippen molar-refractivity contribution >= 4 is 37.0 Å². The minimum absolute atomic E-state index is 0.190. The second-order valence-corrected chi connectivity index (χ2v) is 7.42. The largest absolute Gasteiger partial charge is 0.496 e. The van der Waals surface area contributed by atoms with E-state index in [0.29, 0.717) is 26.8 Å². The summed E-state index contributed by atoms with van der Waals surface area (Å²) in [5.74, 6) is 0.466. The molecule has 0 spiro atoms. The van der Waals surface area contributed by atoms with Crippen LogP contribution in [0.1, 0.15) is 5.56 Å². The molecule has 0 bridgehead atoms. The van der Waals surface area contributed by atoms with E-state index in [9.17, 15) is 8.42 Å². The Morgan fingerprint density at radius 2 is 1.95 bits per heavy atom. The van der Waals surface area contributed by atoms with E-state index in [1.165, 1.54) is 23.5 Å². The number of nitrogens with zero attached hydrogens (tertiary/aromatic N) is 2. The molecule has 3 aromatic rings. The van der Waals surface area contributed by atoms with Crippen molar-refractivity contribution in [3.05, 3.63) is 52.8 Å². The smallest absolute Gasteiger partial charge is 0.269 e. The number of benzene rings is 2. The molecule has 0 amide bonds. The Balaban J connectivity index is 2.27. The summed E-state index contributed by atoms with van der Waals surface area (Å²) in [5.41, 5.74) is 1.81. The van der Waals surface area contributed by atoms with Gasteiger partial charge in [0.1, 0.15) is 12.1 Å². The van der Waals surface area contributed by atoms with Crippen LogP contribution in [0.15, 0.2) is 52.1 Å². The average molecular weight is 381 g/mol. The fraction of sp³-hybridized carbons (Fsp3) is 0.133. The highest BCUT2D eigenvalue weighted by atomic mass is 79.9. The van der Waals surface area contributed by atoms with Crippen LogP contribution < -0.4 is 4.74 Å². The Hall–Kier alpha value is -1.86. The molecule has 2 aromatic carbocycles. The lowest BCUT2D eigenvalue weighted by Gasteiger charge is -2.12. The van der Waals surface area contributed by atoms with E-state index in [0.717, 1.165) is 0 Å². The lowest BCUT2D eigenvalue weighted by Crippen LogP contribution is -2.13. The summed E-state index contributed by atoms with van der Waals surface area (Å²) in [6.45, 7) is 1.75. The first-order chi connectivity index (χ1) is 10.4. The van der Waals surface area contributed by atoms with Gasteiger partial charge in [-0.05, 0) is 46.6 Å². The molecule has 0 unspecified atom stereocenters. The molecule has 0 fully saturated rings. The van der Waals surface area contributed by atoms with Gasteiger partial charge in [-0.3, -0.25) is 0 Å². The molecule has 1 aromatic heterocycles. The van der Waals surface area contributed by atoms with Gasteiger partial charge in [0, 0.05) is 6.07 Å². The Labute approximate surface area is 136 Å². The summed E-state index contributed by atoms with van der Waals surface area (Å²) < 4.78 is 33.0. The molecule has 114 valence electrons. The van der Waals surface area contributed by atoms with Crippen molar-refractivity contribution in [2.75, 3.05) is 7.11 Å². The van der Waals surface area contributed by atoms with Crippen LogP contribution in [0.4, 0.5) is 0 Å². The van der Waals surface area contributed by atoms with Gasteiger partial charge in [0.05, 0.1) is 27.5 Å². The molecule has 0 N–H and O–H groups in total. The summed E-state index contributed by atoms with van der Waals surface area (Å²) in [7, 11) is -2.25. The summed E-state index contributed by atoms with van der Waals surface area (Å²) in [5, 5.41) is 0. The van der Waals surface area contributed by atoms with Crippen molar-refractivity contribution in [1.82, 2.24) is 8.96 Å². The predicted octanol–water partition coefficient (Wildman–Crippen LogP) is 3.35. The molecular formula is C15H13BrN2O3S. The topological polar surface area (TPSA) is 61.2 Å². The van der Waals surface area contributed by atoms with E-state index >= 15 is 0 Å². The van der Waals surface area contributed by atoms with E-state index in [-0.39, 0.29) is 4.90 Å². The number of para-hydroxylation sites is 2. The van der Waals surface area contributed by atoms with Gasteiger partial charge < -0.3 is 4.74 Å². The third kappa shape index (κ3) is 2.30. The van der Waals surface area contributed by atoms with Crippen LogP contribution >= 0.6 is 15.9 Å². The SMILES string of the molecule is COc1cc(S(=O)(=O)n2cnc3ccccc32)c(C)cc1Br. The van der Waals surface area contributed by atoms with Crippen molar-refractivity contribution in [1.29, 1.82) is 0 Å². The van der Waals surface area contributed by atoms with Crippen LogP contribution in [-0.2, 0) is 10.0 Å². The number of ether oxygens (including phenoxy) is 1. The minimum atomic E-state index is -3.75. The summed E-state index contributed by atoms with van der Waals surface area (Å²) >= 11 is 3.36. The van der Waals surface area contributed by atoms with Gasteiger partial charge in [0.15, 0.2) is 0 Å². The molecule has 0 radical (unpaired) electrons. The normalized spacial score (nSPS) is 11.8. The molecule has 0 atom stereocenters. The van der Waals surface area contributed by atoms with Gasteiger partial charge in [0.25, 0.3) is 10.0 Å². The van der Waals surface area contributed by atoms with E-state index in [1.807, 2.05) is 6.07 Å². The van der Waals surface area contributed by atoms with E-state index < -0.39 is 10.0 Å². The van der Waals surface area contributed by atoms with Crippen molar-refractivity contribution < 1.29 is 13.2 Å². The number of hydrogen-bond acceptors (Lipinski definition) is 4. The highest BCUT2D eigenvalue weighted by Gasteiger charge is 2.23. The van der Waals surface area contributed by atoms with Crippen LogP contribution in [0.3, 0.4) is 0 Å². The molecule has 5 nitrogen and oxygen atoms in total. The molecule has 0 aliphatic carbocycles. The Bertz CT molecular complexity index is 964. The first-order valence-corrected chi connectivity index (χ1v) is 8.70. The average Bonchev–Trinajstić information content (AvgIpc) is 2.91.